The predicted octanol–water partition coefficient (Wildman–Crippen LogP) is 3.77. The number of nitriles is 1. The fourth-order valence-corrected chi connectivity index (χ4v) is 5.65. The highest BCUT2D eigenvalue weighted by molar-refractivity contribution is 6.30. The van der Waals surface area contributed by atoms with Crippen molar-refractivity contribution in [3.8, 4) is 6.07 Å². The lowest BCUT2D eigenvalue weighted by atomic mass is 9.74. The summed E-state index contributed by atoms with van der Waals surface area (Å²) in [5.74, 6) is 1.45. The molecular formula is C27H26ClN7O2. The Bertz CT molecular complexity index is 1460. The zero-order valence-corrected chi connectivity index (χ0v) is 21.3. The zero-order chi connectivity index (χ0) is 25.8. The van der Waals surface area contributed by atoms with E-state index in [9.17, 15) is 14.9 Å². The first-order valence-electron chi connectivity index (χ1n) is 12.5. The van der Waals surface area contributed by atoms with Gasteiger partial charge in [-0.05, 0) is 80.3 Å². The van der Waals surface area contributed by atoms with Crippen LogP contribution in [0.2, 0.25) is 5.02 Å². The lowest BCUT2D eigenvalue weighted by Crippen LogP contribution is -2.43. The fourth-order valence-electron chi connectivity index (χ4n) is 5.47. The van der Waals surface area contributed by atoms with Gasteiger partial charge in [0.1, 0.15) is 0 Å². The van der Waals surface area contributed by atoms with E-state index < -0.39 is 0 Å². The molecule has 3 fully saturated rings. The van der Waals surface area contributed by atoms with Crippen LogP contribution in [0.1, 0.15) is 70.9 Å². The van der Waals surface area contributed by atoms with Crippen molar-refractivity contribution in [3.63, 3.8) is 0 Å². The van der Waals surface area contributed by atoms with Gasteiger partial charge in [-0.25, -0.2) is 0 Å². The maximum atomic E-state index is 12.8. The third kappa shape index (κ3) is 4.25. The number of halogens is 1. The molecule has 3 heterocycles. The van der Waals surface area contributed by atoms with Gasteiger partial charge in [0, 0.05) is 29.7 Å². The van der Waals surface area contributed by atoms with E-state index in [1.807, 2.05) is 26.0 Å². The molecule has 0 unspecified atom stereocenters. The van der Waals surface area contributed by atoms with Crippen molar-refractivity contribution in [2.45, 2.75) is 51.1 Å². The normalized spacial score (nSPS) is 24.7. The number of piperidine rings is 1. The van der Waals surface area contributed by atoms with Crippen molar-refractivity contribution >= 4 is 29.2 Å². The van der Waals surface area contributed by atoms with Crippen LogP contribution >= 0.6 is 11.6 Å². The Morgan fingerprint density at radius 3 is 2.76 bits per heavy atom. The average Bonchev–Trinajstić information content (AvgIpc) is 3.32. The topological polar surface area (TPSA) is 117 Å². The lowest BCUT2D eigenvalue weighted by molar-refractivity contribution is -0.118. The fraction of sp³-hybridized carbons (Fsp3) is 0.407. The number of hydrogen-bond acceptors (Lipinski definition) is 6. The van der Waals surface area contributed by atoms with Crippen molar-refractivity contribution in [2.75, 3.05) is 11.4 Å². The van der Waals surface area contributed by atoms with Crippen LogP contribution < -0.4 is 10.2 Å². The van der Waals surface area contributed by atoms with Crippen LogP contribution in [0.3, 0.4) is 0 Å². The number of aromatic nitrogens is 4. The molecule has 1 aliphatic heterocycles. The van der Waals surface area contributed by atoms with E-state index in [2.05, 4.69) is 26.7 Å². The van der Waals surface area contributed by atoms with Crippen molar-refractivity contribution in [3.05, 3.63) is 69.6 Å². The Hall–Kier alpha value is -3.77. The van der Waals surface area contributed by atoms with Gasteiger partial charge in [0.15, 0.2) is 5.82 Å². The first-order valence-corrected chi connectivity index (χ1v) is 12.9. The summed E-state index contributed by atoms with van der Waals surface area (Å²) < 4.78 is 1.70. The van der Waals surface area contributed by atoms with Gasteiger partial charge in [-0.1, -0.05) is 11.6 Å². The summed E-state index contributed by atoms with van der Waals surface area (Å²) in [5, 5.41) is 26.2. The van der Waals surface area contributed by atoms with Gasteiger partial charge in [-0.15, -0.1) is 5.10 Å². The van der Waals surface area contributed by atoms with E-state index in [0.717, 1.165) is 36.9 Å². The van der Waals surface area contributed by atoms with Crippen molar-refractivity contribution in [1.29, 1.82) is 5.26 Å². The Morgan fingerprint density at radius 2 is 2.05 bits per heavy atom. The number of nitrogens with one attached hydrogen (secondary N) is 1. The van der Waals surface area contributed by atoms with Gasteiger partial charge in [0.2, 0.25) is 5.91 Å². The number of rotatable bonds is 6. The summed E-state index contributed by atoms with van der Waals surface area (Å²) in [6.45, 7) is 4.61. The molecule has 1 aromatic carbocycles. The third-order valence-electron chi connectivity index (χ3n) is 7.89. The molecule has 6 rings (SSSR count). The summed E-state index contributed by atoms with van der Waals surface area (Å²) in [6, 6.07) is 9.27. The van der Waals surface area contributed by atoms with Crippen LogP contribution in [-0.4, -0.2) is 44.4 Å². The summed E-state index contributed by atoms with van der Waals surface area (Å²) in [6.07, 6.45) is 5.78. The van der Waals surface area contributed by atoms with E-state index in [4.69, 9.17) is 11.6 Å². The Kier molecular flexibility index (Phi) is 5.72. The molecule has 3 aliphatic rings. The number of carbonyl (C=O) groups is 2. The number of nitrogens with zero attached hydrogens (tertiary/aromatic N) is 6. The number of carbonyl (C=O) groups excluding carboxylic acids is 2. The molecule has 37 heavy (non-hydrogen) atoms. The standard InChI is InChI=1S/C27H26ClN7O2/c1-14-5-24(32-33-25(14)34-12-18-8-23(18)27(34)37)15(2)35-13-19(11-30-35)26(36)31-21-6-17(7-21)22-9-20(28)4-3-16(22)10-29/h3-5,9,11,13,15,17-18,21,23H,6-8,12H2,1-2H3,(H,31,36)/t15-,17?,18-,21?,23-/m1/s1. The largest absolute Gasteiger partial charge is 0.349 e. The molecule has 0 radical (unpaired) electrons. The number of anilines is 1. The number of hydrogen-bond donors (Lipinski definition) is 1. The van der Waals surface area contributed by atoms with Gasteiger partial charge < -0.3 is 5.32 Å². The third-order valence-corrected chi connectivity index (χ3v) is 8.13. The molecule has 2 amide bonds. The molecule has 188 valence electrons. The van der Waals surface area contributed by atoms with Crippen molar-refractivity contribution in [2.24, 2.45) is 11.8 Å². The molecule has 10 heteroatoms. The zero-order valence-electron chi connectivity index (χ0n) is 20.6. The van der Waals surface area contributed by atoms with Gasteiger partial charge in [0.25, 0.3) is 5.91 Å². The highest BCUT2D eigenvalue weighted by Gasteiger charge is 2.53. The van der Waals surface area contributed by atoms with E-state index >= 15 is 0 Å². The molecule has 3 atom stereocenters. The monoisotopic (exact) mass is 515 g/mol. The molecule has 2 aromatic heterocycles. The minimum Gasteiger partial charge on any atom is -0.349 e. The second-order valence-corrected chi connectivity index (χ2v) is 10.8. The summed E-state index contributed by atoms with van der Waals surface area (Å²) >= 11 is 6.12. The SMILES string of the molecule is Cc1cc([C@@H](C)n2cc(C(=O)NC3CC(c4cc(Cl)ccc4C#N)C3)cn2)nnc1N1C[C@H]2C[C@H]2C1=O. The maximum absolute atomic E-state index is 12.8. The minimum atomic E-state index is -0.232. The van der Waals surface area contributed by atoms with Crippen LogP contribution in [0.4, 0.5) is 5.82 Å². The predicted molar refractivity (Wildman–Crippen MR) is 136 cm³/mol. The van der Waals surface area contributed by atoms with Gasteiger partial charge >= 0.3 is 0 Å². The molecule has 9 nitrogen and oxygen atoms in total. The van der Waals surface area contributed by atoms with E-state index in [1.165, 1.54) is 0 Å². The number of fused-ring (bicyclic) bond motifs is 1. The summed E-state index contributed by atoms with van der Waals surface area (Å²) in [5.41, 5.74) is 3.65. The Morgan fingerprint density at radius 1 is 1.24 bits per heavy atom. The molecule has 0 spiro atoms. The molecule has 2 saturated carbocycles. The molecule has 0 bridgehead atoms. The minimum absolute atomic E-state index is 0.0317. The first kappa shape index (κ1) is 23.6. The molecule has 1 saturated heterocycles. The number of amides is 2. The maximum Gasteiger partial charge on any atom is 0.254 e. The van der Waals surface area contributed by atoms with E-state index in [0.29, 0.717) is 33.6 Å². The molecule has 1 N–H and O–H groups in total. The quantitative estimate of drug-likeness (QED) is 0.534. The van der Waals surface area contributed by atoms with Crippen LogP contribution in [-0.2, 0) is 4.79 Å². The van der Waals surface area contributed by atoms with Crippen LogP contribution in [0.25, 0.3) is 0 Å². The number of benzene rings is 1. The molecule has 3 aromatic rings. The summed E-state index contributed by atoms with van der Waals surface area (Å²) in [7, 11) is 0. The average molecular weight is 516 g/mol. The van der Waals surface area contributed by atoms with Crippen LogP contribution in [0.5, 0.6) is 0 Å². The van der Waals surface area contributed by atoms with Gasteiger partial charge in [-0.3, -0.25) is 19.2 Å². The Balaban J connectivity index is 1.08. The van der Waals surface area contributed by atoms with Gasteiger partial charge in [-0.2, -0.15) is 15.5 Å². The highest BCUT2D eigenvalue weighted by Crippen LogP contribution is 2.47. The summed E-state index contributed by atoms with van der Waals surface area (Å²) in [4.78, 5) is 27.0. The second kappa shape index (κ2) is 8.96. The second-order valence-electron chi connectivity index (χ2n) is 10.4. The van der Waals surface area contributed by atoms with Crippen molar-refractivity contribution < 1.29 is 9.59 Å². The molecule has 2 aliphatic carbocycles. The molecular weight excluding hydrogens is 490 g/mol. The van der Waals surface area contributed by atoms with Crippen molar-refractivity contribution in [1.82, 2.24) is 25.3 Å². The smallest absolute Gasteiger partial charge is 0.254 e. The van der Waals surface area contributed by atoms with E-state index in [1.54, 1.807) is 34.1 Å². The Labute approximate surface area is 219 Å². The van der Waals surface area contributed by atoms with Gasteiger partial charge in [0.05, 0.1) is 35.1 Å². The van der Waals surface area contributed by atoms with E-state index in [-0.39, 0.29) is 35.7 Å². The van der Waals surface area contributed by atoms with Crippen LogP contribution in [0.15, 0.2) is 36.7 Å². The van der Waals surface area contributed by atoms with Crippen LogP contribution in [0, 0.1) is 30.1 Å². The highest BCUT2D eigenvalue weighted by atomic mass is 35.5. The lowest BCUT2D eigenvalue weighted by Gasteiger charge is -2.36. The number of aryl methyl sites for hydroxylation is 1. The first-order chi connectivity index (χ1) is 17.8.